The van der Waals surface area contributed by atoms with Gasteiger partial charge in [-0.3, -0.25) is 19.4 Å². The third-order valence-corrected chi connectivity index (χ3v) is 4.72. The van der Waals surface area contributed by atoms with Crippen LogP contribution in [0.1, 0.15) is 35.5 Å². The third kappa shape index (κ3) is 4.64. The predicted octanol–water partition coefficient (Wildman–Crippen LogP) is 4.04. The Morgan fingerprint density at radius 2 is 1.21 bits per heavy atom. The summed E-state index contributed by atoms with van der Waals surface area (Å²) in [6, 6.07) is 9.97. The van der Waals surface area contributed by atoms with E-state index in [1.54, 1.807) is 24.3 Å². The van der Waals surface area contributed by atoms with Gasteiger partial charge in [-0.05, 0) is 30.2 Å². The van der Waals surface area contributed by atoms with Crippen molar-refractivity contribution in [1.82, 2.24) is 9.80 Å². The van der Waals surface area contributed by atoms with Gasteiger partial charge in [-0.25, -0.2) is 18.0 Å². The lowest BCUT2D eigenvalue weighted by atomic mass is 10.1. The van der Waals surface area contributed by atoms with Crippen molar-refractivity contribution in [3.63, 3.8) is 0 Å². The minimum Gasteiger partial charge on any atom is -0.274 e. The highest BCUT2D eigenvalue weighted by Crippen LogP contribution is 2.25. The number of hydrogen-bond acceptors (Lipinski definition) is 3. The van der Waals surface area contributed by atoms with Crippen molar-refractivity contribution in [2.45, 2.75) is 25.7 Å². The Kier molecular flexibility index (Phi) is 6.00. The summed E-state index contributed by atoms with van der Waals surface area (Å²) in [6.07, 6.45) is -4.06. The summed E-state index contributed by atoms with van der Waals surface area (Å²) in [5.74, 6) is -2.23. The fraction of sp³-hybridized carbons (Fsp3) is 0.286. The van der Waals surface area contributed by atoms with Gasteiger partial charge in [0, 0.05) is 0 Å². The fourth-order valence-electron chi connectivity index (χ4n) is 3.02. The molecule has 8 heteroatoms. The van der Waals surface area contributed by atoms with E-state index in [9.17, 15) is 27.6 Å². The Balaban J connectivity index is 1.73. The van der Waals surface area contributed by atoms with Crippen LogP contribution in [0, 0.1) is 12.7 Å². The van der Waals surface area contributed by atoms with Crippen LogP contribution in [-0.4, -0.2) is 40.7 Å². The second-order valence-corrected chi connectivity index (χ2v) is 6.87. The van der Waals surface area contributed by atoms with Gasteiger partial charge in [0.05, 0.1) is 13.1 Å². The van der Waals surface area contributed by atoms with Crippen LogP contribution in [-0.2, 0) is 9.59 Å². The molecule has 2 atom stereocenters. The minimum atomic E-state index is -1.77. The van der Waals surface area contributed by atoms with Crippen molar-refractivity contribution in [1.29, 1.82) is 0 Å². The second-order valence-electron chi connectivity index (χ2n) is 6.87. The predicted molar refractivity (Wildman–Crippen MR) is 98.7 cm³/mol. The molecule has 0 bridgehead atoms. The second kappa shape index (κ2) is 8.46. The summed E-state index contributed by atoms with van der Waals surface area (Å²) in [5, 5.41) is 0. The largest absolute Gasteiger partial charge is 0.333 e. The van der Waals surface area contributed by atoms with E-state index in [4.69, 9.17) is 0 Å². The number of aryl methyl sites for hydroxylation is 1. The quantitative estimate of drug-likeness (QED) is 0.683. The summed E-state index contributed by atoms with van der Waals surface area (Å²) < 4.78 is 42.2. The van der Waals surface area contributed by atoms with Gasteiger partial charge in [0.15, 0.2) is 0 Å². The number of carbonyl (C=O) groups excluding carboxylic acids is 3. The first-order valence-corrected chi connectivity index (χ1v) is 9.01. The number of carbonyl (C=O) groups is 3. The molecule has 0 N–H and O–H groups in total. The summed E-state index contributed by atoms with van der Waals surface area (Å²) in [7, 11) is 0. The first-order valence-electron chi connectivity index (χ1n) is 9.01. The Morgan fingerprint density at radius 1 is 0.793 bits per heavy atom. The number of halogens is 3. The molecular weight excluding hydrogens is 385 g/mol. The molecule has 1 aliphatic rings. The van der Waals surface area contributed by atoms with E-state index in [0.29, 0.717) is 9.80 Å². The monoisotopic (exact) mass is 404 g/mol. The van der Waals surface area contributed by atoms with E-state index < -0.39 is 55.5 Å². The van der Waals surface area contributed by atoms with Crippen LogP contribution in [0.5, 0.6) is 0 Å². The standard InChI is InChI=1S/C21H19F3N2O3/c1-13-2-4-14(5-3-13)17(23)11-25-19(27)10-20(28)26(21(25)29)12-18(24)15-6-8-16(22)9-7-15/h2-9,17-18H,10-12H2,1H3/t17-,18-/m0/s1. The SMILES string of the molecule is Cc1ccc([C@@H](F)CN2C(=O)CC(=O)N(C[C@H](F)c3ccc(F)cc3)C2=O)cc1. The lowest BCUT2D eigenvalue weighted by Crippen LogP contribution is -2.56. The molecule has 5 nitrogen and oxygen atoms in total. The number of imide groups is 2. The fourth-order valence-corrected chi connectivity index (χ4v) is 3.02. The molecule has 1 aliphatic heterocycles. The lowest BCUT2D eigenvalue weighted by molar-refractivity contribution is -0.143. The van der Waals surface area contributed by atoms with Gasteiger partial charge in [-0.2, -0.15) is 0 Å². The zero-order valence-corrected chi connectivity index (χ0v) is 15.6. The number of rotatable bonds is 6. The maximum atomic E-state index is 14.6. The van der Waals surface area contributed by atoms with Crippen molar-refractivity contribution in [2.24, 2.45) is 0 Å². The van der Waals surface area contributed by atoms with Gasteiger partial charge in [0.25, 0.3) is 0 Å². The van der Waals surface area contributed by atoms with Gasteiger partial charge in [-0.1, -0.05) is 42.0 Å². The van der Waals surface area contributed by atoms with Crippen molar-refractivity contribution in [3.8, 4) is 0 Å². The Bertz CT molecular complexity index is 842. The number of urea groups is 1. The zero-order chi connectivity index (χ0) is 21.1. The van der Waals surface area contributed by atoms with Crippen LogP contribution in [0.3, 0.4) is 0 Å². The Morgan fingerprint density at radius 3 is 1.66 bits per heavy atom. The van der Waals surface area contributed by atoms with Gasteiger partial charge in [0.1, 0.15) is 24.6 Å². The van der Waals surface area contributed by atoms with E-state index in [0.717, 1.165) is 17.7 Å². The molecule has 2 aromatic carbocycles. The van der Waals surface area contributed by atoms with Crippen LogP contribution >= 0.6 is 0 Å². The Labute approximate surface area is 165 Å². The van der Waals surface area contributed by atoms with Crippen molar-refractivity contribution >= 4 is 17.8 Å². The molecule has 4 amide bonds. The molecule has 0 aliphatic carbocycles. The normalized spacial score (nSPS) is 16.9. The molecule has 1 saturated heterocycles. The summed E-state index contributed by atoms with van der Waals surface area (Å²) in [4.78, 5) is 38.1. The molecule has 1 fully saturated rings. The third-order valence-electron chi connectivity index (χ3n) is 4.72. The molecule has 0 unspecified atom stereocenters. The average molecular weight is 404 g/mol. The van der Waals surface area contributed by atoms with Crippen molar-refractivity contribution < 1.29 is 27.6 Å². The molecule has 2 aromatic rings. The van der Waals surface area contributed by atoms with E-state index in [1.165, 1.54) is 12.1 Å². The smallest absolute Gasteiger partial charge is 0.274 e. The van der Waals surface area contributed by atoms with Crippen molar-refractivity contribution in [2.75, 3.05) is 13.1 Å². The highest BCUT2D eigenvalue weighted by atomic mass is 19.1. The van der Waals surface area contributed by atoms with Gasteiger partial charge in [0.2, 0.25) is 11.8 Å². The molecule has 3 rings (SSSR count). The molecule has 0 spiro atoms. The molecule has 0 radical (unpaired) electrons. The number of hydrogen-bond donors (Lipinski definition) is 0. The van der Waals surface area contributed by atoms with Crippen LogP contribution in [0.25, 0.3) is 0 Å². The molecule has 1 heterocycles. The summed E-state index contributed by atoms with van der Waals surface area (Å²) in [5.41, 5.74) is 1.30. The number of alkyl halides is 2. The van der Waals surface area contributed by atoms with Crippen LogP contribution in [0.4, 0.5) is 18.0 Å². The van der Waals surface area contributed by atoms with Gasteiger partial charge < -0.3 is 0 Å². The van der Waals surface area contributed by atoms with Crippen LogP contribution in [0.2, 0.25) is 0 Å². The first kappa shape index (κ1) is 20.6. The number of benzene rings is 2. The Hall–Kier alpha value is -3.16. The first-order chi connectivity index (χ1) is 13.8. The maximum Gasteiger partial charge on any atom is 0.333 e. The molecule has 0 saturated carbocycles. The average Bonchev–Trinajstić information content (AvgIpc) is 2.69. The van der Waals surface area contributed by atoms with E-state index in [2.05, 4.69) is 0 Å². The summed E-state index contributed by atoms with van der Waals surface area (Å²) in [6.45, 7) is 0.624. The number of barbiturate groups is 1. The van der Waals surface area contributed by atoms with Gasteiger partial charge >= 0.3 is 6.03 Å². The van der Waals surface area contributed by atoms with E-state index >= 15 is 0 Å². The number of amides is 4. The van der Waals surface area contributed by atoms with Gasteiger partial charge in [-0.15, -0.1) is 0 Å². The zero-order valence-electron chi connectivity index (χ0n) is 15.6. The summed E-state index contributed by atoms with van der Waals surface area (Å²) >= 11 is 0. The molecule has 152 valence electrons. The molecule has 29 heavy (non-hydrogen) atoms. The number of nitrogens with zero attached hydrogens (tertiary/aromatic N) is 2. The highest BCUT2D eigenvalue weighted by Gasteiger charge is 2.40. The lowest BCUT2D eigenvalue weighted by Gasteiger charge is -2.34. The van der Waals surface area contributed by atoms with E-state index in [1.807, 2.05) is 6.92 Å². The van der Waals surface area contributed by atoms with E-state index in [-0.39, 0.29) is 11.1 Å². The van der Waals surface area contributed by atoms with Crippen molar-refractivity contribution in [3.05, 3.63) is 71.0 Å². The highest BCUT2D eigenvalue weighted by molar-refractivity contribution is 6.14. The van der Waals surface area contributed by atoms with Crippen LogP contribution in [0.15, 0.2) is 48.5 Å². The molecule has 0 aromatic heterocycles. The molecular formula is C21H19F3N2O3. The topological polar surface area (TPSA) is 57.7 Å². The maximum absolute atomic E-state index is 14.6. The minimum absolute atomic E-state index is 0.0819. The van der Waals surface area contributed by atoms with Crippen LogP contribution < -0.4 is 0 Å².